The molecular formula is C8H8N2. The van der Waals surface area contributed by atoms with E-state index in [1.54, 1.807) is 13.0 Å². The number of hydrogen-bond acceptors (Lipinski definition) is 1. The topological polar surface area (TPSA) is 39.6 Å². The summed E-state index contributed by atoms with van der Waals surface area (Å²) < 4.78 is 0. The first kappa shape index (κ1) is 6.63. The maximum Gasteiger partial charge on any atom is 0.0944 e. The third kappa shape index (κ3) is 1.49. The van der Waals surface area contributed by atoms with Crippen molar-refractivity contribution in [2.75, 3.05) is 0 Å². The van der Waals surface area contributed by atoms with Crippen molar-refractivity contribution in [2.45, 2.75) is 6.92 Å². The number of hydrogen-bond donors (Lipinski definition) is 1. The van der Waals surface area contributed by atoms with Crippen LogP contribution in [0.2, 0.25) is 0 Å². The quantitative estimate of drug-likeness (QED) is 0.583. The zero-order chi connectivity index (χ0) is 7.40. The Morgan fingerprint density at radius 1 is 1.80 bits per heavy atom. The highest BCUT2D eigenvalue weighted by Gasteiger charge is 1.86. The van der Waals surface area contributed by atoms with Crippen LogP contribution in [-0.2, 0) is 0 Å². The van der Waals surface area contributed by atoms with E-state index in [-0.39, 0.29) is 0 Å². The molecule has 2 nitrogen and oxygen atoms in total. The third-order valence-corrected chi connectivity index (χ3v) is 1.17. The maximum atomic E-state index is 8.40. The van der Waals surface area contributed by atoms with Crippen molar-refractivity contribution in [3.63, 3.8) is 0 Å². The number of rotatable bonds is 1. The molecule has 0 radical (unpaired) electrons. The van der Waals surface area contributed by atoms with Crippen molar-refractivity contribution in [3.05, 3.63) is 29.6 Å². The summed E-state index contributed by atoms with van der Waals surface area (Å²) >= 11 is 0. The molecular weight excluding hydrogens is 124 g/mol. The van der Waals surface area contributed by atoms with Crippen molar-refractivity contribution in [1.82, 2.24) is 4.98 Å². The standard InChI is InChI=1S/C8H8N2/c1-7(6-9)5-8-3-2-4-10-8/h2-5,10H,1H3/b7-5+. The SMILES string of the molecule is C/C(C#N)=C\c1ccc[nH]1. The highest BCUT2D eigenvalue weighted by molar-refractivity contribution is 5.52. The van der Waals surface area contributed by atoms with Gasteiger partial charge in [0.25, 0.3) is 0 Å². The molecule has 1 aromatic heterocycles. The minimum absolute atomic E-state index is 0.711. The third-order valence-electron chi connectivity index (χ3n) is 1.17. The van der Waals surface area contributed by atoms with Crippen LogP contribution in [0.3, 0.4) is 0 Å². The van der Waals surface area contributed by atoms with Crippen LogP contribution in [-0.4, -0.2) is 4.98 Å². The van der Waals surface area contributed by atoms with Gasteiger partial charge < -0.3 is 4.98 Å². The molecule has 0 aliphatic rings. The Morgan fingerprint density at radius 2 is 2.60 bits per heavy atom. The summed E-state index contributed by atoms with van der Waals surface area (Å²) in [5, 5.41) is 8.40. The summed E-state index contributed by atoms with van der Waals surface area (Å²) in [6.45, 7) is 1.78. The lowest BCUT2D eigenvalue weighted by Gasteiger charge is -1.83. The van der Waals surface area contributed by atoms with E-state index in [2.05, 4.69) is 4.98 Å². The van der Waals surface area contributed by atoms with Gasteiger partial charge in [0, 0.05) is 17.5 Å². The highest BCUT2D eigenvalue weighted by atomic mass is 14.7. The van der Waals surface area contributed by atoms with Crippen molar-refractivity contribution in [1.29, 1.82) is 5.26 Å². The Labute approximate surface area is 59.8 Å². The molecule has 0 saturated carbocycles. The second-order valence-electron chi connectivity index (χ2n) is 2.06. The van der Waals surface area contributed by atoms with Crippen LogP contribution >= 0.6 is 0 Å². The molecule has 0 fully saturated rings. The average molecular weight is 132 g/mol. The van der Waals surface area contributed by atoms with Gasteiger partial charge in [-0.05, 0) is 25.1 Å². The number of nitriles is 1. The molecule has 0 amide bonds. The molecule has 0 unspecified atom stereocenters. The zero-order valence-corrected chi connectivity index (χ0v) is 5.76. The summed E-state index contributed by atoms with van der Waals surface area (Å²) in [6, 6.07) is 5.86. The zero-order valence-electron chi connectivity index (χ0n) is 5.76. The predicted octanol–water partition coefficient (Wildman–Crippen LogP) is 1.94. The van der Waals surface area contributed by atoms with E-state index >= 15 is 0 Å². The van der Waals surface area contributed by atoms with E-state index in [0.717, 1.165) is 5.69 Å². The van der Waals surface area contributed by atoms with E-state index in [4.69, 9.17) is 5.26 Å². The smallest absolute Gasteiger partial charge is 0.0944 e. The van der Waals surface area contributed by atoms with Gasteiger partial charge in [0.1, 0.15) is 0 Å². The second kappa shape index (κ2) is 2.88. The summed E-state index contributed by atoms with van der Waals surface area (Å²) in [5.41, 5.74) is 1.68. The molecule has 0 aromatic carbocycles. The van der Waals surface area contributed by atoms with Crippen molar-refractivity contribution >= 4 is 6.08 Å². The minimum Gasteiger partial charge on any atom is -0.362 e. The fourth-order valence-electron chi connectivity index (χ4n) is 0.700. The van der Waals surface area contributed by atoms with Gasteiger partial charge in [0.05, 0.1) is 6.07 Å². The average Bonchev–Trinajstić information content (AvgIpc) is 2.40. The van der Waals surface area contributed by atoms with Crippen molar-refractivity contribution < 1.29 is 0 Å². The number of aromatic amines is 1. The van der Waals surface area contributed by atoms with Crippen LogP contribution in [0.25, 0.3) is 6.08 Å². The van der Waals surface area contributed by atoms with Gasteiger partial charge in [0.2, 0.25) is 0 Å². The fourth-order valence-corrected chi connectivity index (χ4v) is 0.700. The Balaban J connectivity index is 2.83. The Hall–Kier alpha value is -1.49. The van der Waals surface area contributed by atoms with Crippen LogP contribution in [0.15, 0.2) is 23.9 Å². The minimum atomic E-state index is 0.711. The van der Waals surface area contributed by atoms with Crippen LogP contribution in [0.1, 0.15) is 12.6 Å². The first-order valence-corrected chi connectivity index (χ1v) is 3.04. The molecule has 2 heteroatoms. The lowest BCUT2D eigenvalue weighted by molar-refractivity contribution is 1.36. The van der Waals surface area contributed by atoms with E-state index in [0.29, 0.717) is 5.57 Å². The molecule has 0 aliphatic heterocycles. The molecule has 1 aromatic rings. The van der Waals surface area contributed by atoms with Gasteiger partial charge in [-0.25, -0.2) is 0 Å². The maximum absolute atomic E-state index is 8.40. The van der Waals surface area contributed by atoms with Gasteiger partial charge >= 0.3 is 0 Å². The van der Waals surface area contributed by atoms with Crippen molar-refractivity contribution in [2.24, 2.45) is 0 Å². The first-order valence-electron chi connectivity index (χ1n) is 3.04. The first-order chi connectivity index (χ1) is 4.83. The summed E-state index contributed by atoms with van der Waals surface area (Å²) in [6.07, 6.45) is 3.64. The number of allylic oxidation sites excluding steroid dienone is 1. The molecule has 0 bridgehead atoms. The molecule has 0 spiro atoms. The number of H-pyrrole nitrogens is 1. The molecule has 50 valence electrons. The molecule has 0 saturated heterocycles. The van der Waals surface area contributed by atoms with Crippen LogP contribution in [0.5, 0.6) is 0 Å². The Bertz CT molecular complexity index is 262. The van der Waals surface area contributed by atoms with E-state index in [9.17, 15) is 0 Å². The van der Waals surface area contributed by atoms with Gasteiger partial charge in [-0.3, -0.25) is 0 Å². The molecule has 0 aliphatic carbocycles. The lowest BCUT2D eigenvalue weighted by atomic mass is 10.3. The summed E-state index contributed by atoms with van der Waals surface area (Å²) in [5.74, 6) is 0. The Kier molecular flexibility index (Phi) is 1.91. The van der Waals surface area contributed by atoms with Gasteiger partial charge in [-0.1, -0.05) is 0 Å². The second-order valence-corrected chi connectivity index (χ2v) is 2.06. The van der Waals surface area contributed by atoms with Gasteiger partial charge in [-0.2, -0.15) is 5.26 Å². The fraction of sp³-hybridized carbons (Fsp3) is 0.125. The monoisotopic (exact) mass is 132 g/mol. The number of nitrogens with one attached hydrogen (secondary N) is 1. The predicted molar refractivity (Wildman–Crippen MR) is 40.1 cm³/mol. The number of nitrogens with zero attached hydrogens (tertiary/aromatic N) is 1. The lowest BCUT2D eigenvalue weighted by Crippen LogP contribution is -1.70. The van der Waals surface area contributed by atoms with Crippen LogP contribution in [0.4, 0.5) is 0 Å². The molecule has 1 rings (SSSR count). The molecule has 0 atom stereocenters. The number of aromatic nitrogens is 1. The van der Waals surface area contributed by atoms with E-state index in [1.165, 1.54) is 0 Å². The van der Waals surface area contributed by atoms with Gasteiger partial charge in [0.15, 0.2) is 0 Å². The highest BCUT2D eigenvalue weighted by Crippen LogP contribution is 2.01. The summed E-state index contributed by atoms with van der Waals surface area (Å²) in [4.78, 5) is 2.97. The van der Waals surface area contributed by atoms with Crippen LogP contribution in [0, 0.1) is 11.3 Å². The van der Waals surface area contributed by atoms with E-state index in [1.807, 2.05) is 24.4 Å². The van der Waals surface area contributed by atoms with Gasteiger partial charge in [-0.15, -0.1) is 0 Å². The normalized spacial score (nSPS) is 11.0. The molecule has 1 N–H and O–H groups in total. The Morgan fingerprint density at radius 3 is 3.10 bits per heavy atom. The van der Waals surface area contributed by atoms with E-state index < -0.39 is 0 Å². The van der Waals surface area contributed by atoms with Crippen LogP contribution < -0.4 is 0 Å². The van der Waals surface area contributed by atoms with Crippen molar-refractivity contribution in [3.8, 4) is 6.07 Å². The molecule has 1 heterocycles. The summed E-state index contributed by atoms with van der Waals surface area (Å²) in [7, 11) is 0. The largest absolute Gasteiger partial charge is 0.362 e. The molecule has 10 heavy (non-hydrogen) atoms.